The van der Waals surface area contributed by atoms with Gasteiger partial charge in [-0.1, -0.05) is 97.4 Å². The quantitative estimate of drug-likeness (QED) is 0.403. The Labute approximate surface area is 187 Å². The highest BCUT2D eigenvalue weighted by Gasteiger charge is 2.09. The minimum absolute atomic E-state index is 0.617. The van der Waals surface area contributed by atoms with Gasteiger partial charge in [0.15, 0.2) is 0 Å². The van der Waals surface area contributed by atoms with Crippen LogP contribution in [0, 0.1) is 12.8 Å². The van der Waals surface area contributed by atoms with Gasteiger partial charge in [-0.2, -0.15) is 0 Å². The van der Waals surface area contributed by atoms with Gasteiger partial charge >= 0.3 is 0 Å². The van der Waals surface area contributed by atoms with Gasteiger partial charge in [0.05, 0.1) is 10.8 Å². The van der Waals surface area contributed by atoms with Gasteiger partial charge in [0.1, 0.15) is 0 Å². The van der Waals surface area contributed by atoms with Crippen LogP contribution >= 0.6 is 11.6 Å². The Kier molecular flexibility index (Phi) is 16.0. The highest BCUT2D eigenvalue weighted by Crippen LogP contribution is 2.22. The highest BCUT2D eigenvalue weighted by atomic mass is 35.5. The second-order valence-electron chi connectivity index (χ2n) is 7.25. The summed E-state index contributed by atoms with van der Waals surface area (Å²) in [6.45, 7) is 15.1. The zero-order valence-electron chi connectivity index (χ0n) is 19.6. The number of benzene rings is 2. The molecule has 1 nitrogen and oxygen atoms in total. The molecule has 29 heavy (non-hydrogen) atoms. The molecule has 0 fully saturated rings. The Morgan fingerprint density at radius 2 is 1.48 bits per heavy atom. The number of rotatable bonds is 8. The Morgan fingerprint density at radius 1 is 0.897 bits per heavy atom. The van der Waals surface area contributed by atoms with E-state index in [1.54, 1.807) is 12.1 Å². The van der Waals surface area contributed by atoms with Crippen LogP contribution in [-0.2, 0) is 17.2 Å². The molecule has 0 heterocycles. The normalized spacial score (nSPS) is 11.2. The summed E-state index contributed by atoms with van der Waals surface area (Å²) >= 11 is 5.95. The molecule has 0 spiro atoms. The van der Waals surface area contributed by atoms with Crippen molar-refractivity contribution < 1.29 is 4.21 Å². The summed E-state index contributed by atoms with van der Waals surface area (Å²) in [4.78, 5) is 1.59. The summed E-state index contributed by atoms with van der Waals surface area (Å²) in [5.41, 5.74) is 2.53. The van der Waals surface area contributed by atoms with Gasteiger partial charge in [0.2, 0.25) is 0 Å². The van der Waals surface area contributed by atoms with Crippen LogP contribution in [0.4, 0.5) is 0 Å². The highest BCUT2D eigenvalue weighted by molar-refractivity contribution is 7.85. The molecule has 0 amide bonds. The van der Waals surface area contributed by atoms with Gasteiger partial charge in [0, 0.05) is 14.8 Å². The molecule has 0 saturated heterocycles. The molecule has 164 valence electrons. The summed E-state index contributed by atoms with van der Waals surface area (Å²) in [5, 5.41) is 0.617. The zero-order chi connectivity index (χ0) is 22.2. The lowest BCUT2D eigenvalue weighted by Crippen LogP contribution is -1.96. The molecule has 0 N–H and O–H groups in total. The molecule has 0 aliphatic heterocycles. The van der Waals surface area contributed by atoms with Crippen molar-refractivity contribution in [3.63, 3.8) is 0 Å². The Balaban J connectivity index is 0.000000664. The lowest BCUT2D eigenvalue weighted by atomic mass is 10.0. The Hall–Kier alpha value is -1.12. The van der Waals surface area contributed by atoms with Crippen LogP contribution in [0.2, 0.25) is 5.02 Å². The lowest BCUT2D eigenvalue weighted by Gasteiger charge is -2.08. The van der Waals surface area contributed by atoms with E-state index in [9.17, 15) is 4.21 Å². The van der Waals surface area contributed by atoms with Gasteiger partial charge < -0.3 is 0 Å². The van der Waals surface area contributed by atoms with E-state index in [-0.39, 0.29) is 0 Å². The summed E-state index contributed by atoms with van der Waals surface area (Å²) < 4.78 is 12.5. The van der Waals surface area contributed by atoms with Gasteiger partial charge in [-0.05, 0) is 60.7 Å². The van der Waals surface area contributed by atoms with E-state index in [0.717, 1.165) is 28.6 Å². The van der Waals surface area contributed by atoms with Crippen LogP contribution in [0.5, 0.6) is 0 Å². The predicted octanol–water partition coefficient (Wildman–Crippen LogP) is 9.02. The summed E-state index contributed by atoms with van der Waals surface area (Å²) in [6, 6.07) is 13.3. The van der Waals surface area contributed by atoms with Crippen molar-refractivity contribution in [2.24, 2.45) is 5.92 Å². The average molecular weight is 437 g/mol. The summed E-state index contributed by atoms with van der Waals surface area (Å²) in [7, 11) is -1.16. The maximum Gasteiger partial charge on any atom is 0.0850 e. The molecule has 0 radical (unpaired) electrons. The van der Waals surface area contributed by atoms with Crippen molar-refractivity contribution in [1.82, 2.24) is 0 Å². The van der Waals surface area contributed by atoms with Gasteiger partial charge in [-0.25, -0.2) is 4.21 Å². The molecule has 0 aliphatic carbocycles. The monoisotopic (exact) mass is 436 g/mol. The van der Waals surface area contributed by atoms with Crippen molar-refractivity contribution in [2.75, 3.05) is 0 Å². The minimum atomic E-state index is -1.16. The van der Waals surface area contributed by atoms with Crippen molar-refractivity contribution in [2.45, 2.75) is 96.8 Å². The van der Waals surface area contributed by atoms with Gasteiger partial charge in [0.25, 0.3) is 0 Å². The van der Waals surface area contributed by atoms with Crippen molar-refractivity contribution in [3.05, 3.63) is 58.6 Å². The van der Waals surface area contributed by atoms with Crippen LogP contribution in [0.3, 0.4) is 0 Å². The first-order valence-electron chi connectivity index (χ1n) is 11.2. The fourth-order valence-electron chi connectivity index (χ4n) is 3.15. The SMILES string of the molecule is CC.CCCC(C)CCC.CCCc1cc(S(=O)c2cccc(Cl)c2)ccc1C. The molecule has 2 rings (SSSR count). The van der Waals surface area contributed by atoms with Crippen LogP contribution in [0.15, 0.2) is 52.3 Å². The van der Waals surface area contributed by atoms with Gasteiger partial charge in [-0.15, -0.1) is 0 Å². The third kappa shape index (κ3) is 11.0. The second kappa shape index (κ2) is 16.7. The predicted molar refractivity (Wildman–Crippen MR) is 132 cm³/mol. The fourth-order valence-corrected chi connectivity index (χ4v) is 4.55. The van der Waals surface area contributed by atoms with Crippen LogP contribution in [-0.4, -0.2) is 4.21 Å². The molecule has 0 bridgehead atoms. The standard InChI is InChI=1S/C16H17ClOS.C8H18.C2H6/c1-3-5-13-10-16(9-8-12(13)2)19(18)15-7-4-6-14(17)11-15;1-4-6-8(3)7-5-2;1-2/h4,6-11H,3,5H2,1-2H3;8H,4-7H2,1-3H3;1-2H3. The molecule has 2 aromatic carbocycles. The van der Waals surface area contributed by atoms with Crippen molar-refractivity contribution in [3.8, 4) is 0 Å². The zero-order valence-corrected chi connectivity index (χ0v) is 21.1. The largest absolute Gasteiger partial charge is 0.249 e. The Bertz CT molecular complexity index is 706. The van der Waals surface area contributed by atoms with E-state index in [1.165, 1.54) is 36.8 Å². The van der Waals surface area contributed by atoms with E-state index >= 15 is 0 Å². The molecule has 2 aromatic rings. The molecule has 0 aliphatic rings. The molecule has 3 heteroatoms. The van der Waals surface area contributed by atoms with Crippen LogP contribution in [0.1, 0.15) is 84.8 Å². The first-order valence-corrected chi connectivity index (χ1v) is 12.7. The molecular formula is C26H41ClOS. The van der Waals surface area contributed by atoms with E-state index in [4.69, 9.17) is 11.6 Å². The number of hydrogen-bond donors (Lipinski definition) is 0. The third-order valence-corrected chi connectivity index (χ3v) is 6.23. The van der Waals surface area contributed by atoms with E-state index in [1.807, 2.05) is 38.1 Å². The average Bonchev–Trinajstić information content (AvgIpc) is 2.72. The fraction of sp³-hybridized carbons (Fsp3) is 0.538. The topological polar surface area (TPSA) is 17.1 Å². The maximum absolute atomic E-state index is 12.5. The number of aryl methyl sites for hydroxylation is 2. The molecular weight excluding hydrogens is 396 g/mol. The van der Waals surface area contributed by atoms with E-state index in [2.05, 4.69) is 40.7 Å². The molecule has 1 unspecified atom stereocenters. The van der Waals surface area contributed by atoms with E-state index in [0.29, 0.717) is 5.02 Å². The lowest BCUT2D eigenvalue weighted by molar-refractivity contribution is 0.480. The Morgan fingerprint density at radius 3 is 2.00 bits per heavy atom. The number of hydrogen-bond acceptors (Lipinski definition) is 1. The summed E-state index contributed by atoms with van der Waals surface area (Å²) in [5.74, 6) is 0.963. The first-order chi connectivity index (χ1) is 13.9. The van der Waals surface area contributed by atoms with Crippen LogP contribution < -0.4 is 0 Å². The second-order valence-corrected chi connectivity index (χ2v) is 9.16. The molecule has 0 saturated carbocycles. The smallest absolute Gasteiger partial charge is 0.0850 e. The third-order valence-electron chi connectivity index (χ3n) is 4.63. The van der Waals surface area contributed by atoms with Crippen LogP contribution in [0.25, 0.3) is 0 Å². The summed E-state index contributed by atoms with van der Waals surface area (Å²) in [6.07, 6.45) is 7.63. The van der Waals surface area contributed by atoms with Crippen molar-refractivity contribution >= 4 is 22.4 Å². The minimum Gasteiger partial charge on any atom is -0.249 e. The van der Waals surface area contributed by atoms with Gasteiger partial charge in [-0.3, -0.25) is 0 Å². The molecule has 1 atom stereocenters. The van der Waals surface area contributed by atoms with E-state index < -0.39 is 10.8 Å². The first kappa shape index (κ1) is 27.9. The van der Waals surface area contributed by atoms with Crippen molar-refractivity contribution in [1.29, 1.82) is 0 Å². The maximum atomic E-state index is 12.5. The number of halogens is 1. The molecule has 0 aromatic heterocycles.